The molecule has 0 aliphatic carbocycles. The Hall–Kier alpha value is -1.36. The number of nitrogens with zero attached hydrogens (tertiary/aromatic N) is 1. The minimum Gasteiger partial charge on any atom is -0.481 e. The molecule has 5 heteroatoms. The molecule has 1 rings (SSSR count). The van der Waals surface area contributed by atoms with Gasteiger partial charge >= 0.3 is 5.97 Å². The summed E-state index contributed by atoms with van der Waals surface area (Å²) in [6.07, 6.45) is 2.20. The summed E-state index contributed by atoms with van der Waals surface area (Å²) in [4.78, 5) is 14.2. The van der Waals surface area contributed by atoms with Crippen molar-refractivity contribution in [1.29, 1.82) is 0 Å². The van der Waals surface area contributed by atoms with Crippen LogP contribution in [-0.2, 0) is 17.6 Å². The molecule has 0 saturated carbocycles. The summed E-state index contributed by atoms with van der Waals surface area (Å²) in [5.74, 6) is -0.408. The smallest absolute Gasteiger partial charge is 0.303 e. The highest BCUT2D eigenvalue weighted by Crippen LogP contribution is 2.04. The zero-order valence-corrected chi connectivity index (χ0v) is 7.06. The zero-order chi connectivity index (χ0) is 9.68. The number of carboxylic acids is 1. The second-order valence-electron chi connectivity index (χ2n) is 2.60. The quantitative estimate of drug-likeness (QED) is 0.685. The number of aliphatic carboxylic acids is 1. The first kappa shape index (κ1) is 9.73. The Morgan fingerprint density at radius 1 is 1.54 bits per heavy atom. The summed E-state index contributed by atoms with van der Waals surface area (Å²) in [7, 11) is 0. The number of rotatable bonds is 5. The summed E-state index contributed by atoms with van der Waals surface area (Å²) in [5.41, 5.74) is 0.617. The van der Waals surface area contributed by atoms with Crippen LogP contribution in [0.15, 0.2) is 10.7 Å². The second kappa shape index (κ2) is 4.61. The number of carbonyl (C=O) groups is 1. The van der Waals surface area contributed by atoms with Crippen molar-refractivity contribution in [3.05, 3.63) is 17.8 Å². The third-order valence-electron chi connectivity index (χ3n) is 1.52. The minimum atomic E-state index is -0.855. The number of aryl methyl sites for hydroxylation is 1. The van der Waals surface area contributed by atoms with Gasteiger partial charge in [-0.15, -0.1) is 0 Å². The van der Waals surface area contributed by atoms with Gasteiger partial charge in [-0.25, -0.2) is 4.98 Å². The molecule has 0 aromatic carbocycles. The van der Waals surface area contributed by atoms with E-state index in [0.29, 0.717) is 24.4 Å². The highest BCUT2D eigenvalue weighted by Gasteiger charge is 2.05. The lowest BCUT2D eigenvalue weighted by Gasteiger charge is -1.89. The molecule has 0 amide bonds. The number of hydrogen-bond acceptors (Lipinski definition) is 4. The highest BCUT2D eigenvalue weighted by atomic mass is 16.4. The summed E-state index contributed by atoms with van der Waals surface area (Å²) in [5, 5.41) is 16.9. The van der Waals surface area contributed by atoms with Crippen LogP contribution in [-0.4, -0.2) is 27.8 Å². The van der Waals surface area contributed by atoms with E-state index in [1.54, 1.807) is 0 Å². The molecule has 1 aromatic rings. The predicted octanol–water partition coefficient (Wildman–Crippen LogP) is 0.227. The van der Waals surface area contributed by atoms with Crippen molar-refractivity contribution in [2.75, 3.05) is 6.61 Å². The van der Waals surface area contributed by atoms with E-state index in [9.17, 15) is 4.79 Å². The molecule has 0 bridgehead atoms. The maximum absolute atomic E-state index is 10.2. The molecule has 0 atom stereocenters. The molecule has 13 heavy (non-hydrogen) atoms. The van der Waals surface area contributed by atoms with Crippen molar-refractivity contribution in [1.82, 2.24) is 4.98 Å². The first-order chi connectivity index (χ1) is 6.22. The Morgan fingerprint density at radius 3 is 2.92 bits per heavy atom. The molecule has 0 radical (unpaired) electrons. The molecule has 2 N–H and O–H groups in total. The van der Waals surface area contributed by atoms with E-state index in [0.717, 1.165) is 0 Å². The van der Waals surface area contributed by atoms with Gasteiger partial charge in [-0.2, -0.15) is 0 Å². The fraction of sp³-hybridized carbons (Fsp3) is 0.500. The zero-order valence-electron chi connectivity index (χ0n) is 7.06. The van der Waals surface area contributed by atoms with Gasteiger partial charge in [0.15, 0.2) is 5.89 Å². The molecule has 0 fully saturated rings. The van der Waals surface area contributed by atoms with Crippen LogP contribution in [0.4, 0.5) is 0 Å². The summed E-state index contributed by atoms with van der Waals surface area (Å²) in [6.45, 7) is -0.0150. The standard InChI is InChI=1S/C8H11NO4/c10-4-3-7-9-6(5-13-7)1-2-8(11)12/h5,10H,1-4H2,(H,11,12). The normalized spacial score (nSPS) is 10.2. The number of oxazole rings is 1. The Kier molecular flexibility index (Phi) is 3.45. The van der Waals surface area contributed by atoms with Crippen LogP contribution < -0.4 is 0 Å². The van der Waals surface area contributed by atoms with Crippen LogP contribution in [0.25, 0.3) is 0 Å². The van der Waals surface area contributed by atoms with Crippen molar-refractivity contribution >= 4 is 5.97 Å². The molecule has 1 aromatic heterocycles. The molecule has 0 aliphatic rings. The number of aliphatic hydroxyl groups excluding tert-OH is 1. The molecular weight excluding hydrogens is 174 g/mol. The van der Waals surface area contributed by atoms with E-state index in [1.807, 2.05) is 0 Å². The minimum absolute atomic E-state index is 0.0150. The molecule has 5 nitrogen and oxygen atoms in total. The fourth-order valence-electron chi connectivity index (χ4n) is 0.909. The van der Waals surface area contributed by atoms with Gasteiger partial charge in [0, 0.05) is 12.8 Å². The van der Waals surface area contributed by atoms with Crippen LogP contribution in [0, 0.1) is 0 Å². The molecule has 0 saturated heterocycles. The van der Waals surface area contributed by atoms with Crippen LogP contribution in [0.1, 0.15) is 18.0 Å². The third kappa shape index (κ3) is 3.25. The van der Waals surface area contributed by atoms with Crippen LogP contribution in [0.2, 0.25) is 0 Å². The van der Waals surface area contributed by atoms with E-state index in [-0.39, 0.29) is 13.0 Å². The van der Waals surface area contributed by atoms with Gasteiger partial charge in [0.05, 0.1) is 18.7 Å². The van der Waals surface area contributed by atoms with Gasteiger partial charge in [0.25, 0.3) is 0 Å². The van der Waals surface area contributed by atoms with E-state index in [2.05, 4.69) is 4.98 Å². The summed E-state index contributed by atoms with van der Waals surface area (Å²) in [6, 6.07) is 0. The Labute approximate surface area is 75.0 Å². The van der Waals surface area contributed by atoms with E-state index in [4.69, 9.17) is 14.6 Å². The monoisotopic (exact) mass is 185 g/mol. The van der Waals surface area contributed by atoms with Gasteiger partial charge in [-0.3, -0.25) is 4.79 Å². The molecule has 1 heterocycles. The largest absolute Gasteiger partial charge is 0.481 e. The van der Waals surface area contributed by atoms with Gasteiger partial charge in [0.2, 0.25) is 0 Å². The Morgan fingerprint density at radius 2 is 2.31 bits per heavy atom. The van der Waals surface area contributed by atoms with E-state index < -0.39 is 5.97 Å². The van der Waals surface area contributed by atoms with Crippen molar-refractivity contribution in [2.24, 2.45) is 0 Å². The maximum atomic E-state index is 10.2. The van der Waals surface area contributed by atoms with Gasteiger partial charge in [-0.1, -0.05) is 0 Å². The second-order valence-corrected chi connectivity index (χ2v) is 2.60. The van der Waals surface area contributed by atoms with Gasteiger partial charge in [-0.05, 0) is 0 Å². The maximum Gasteiger partial charge on any atom is 0.303 e. The van der Waals surface area contributed by atoms with Crippen molar-refractivity contribution in [3.8, 4) is 0 Å². The lowest BCUT2D eigenvalue weighted by atomic mass is 10.2. The Bertz CT molecular complexity index is 281. The van der Waals surface area contributed by atoms with Crippen LogP contribution >= 0.6 is 0 Å². The molecule has 0 unspecified atom stereocenters. The Balaban J connectivity index is 2.44. The SMILES string of the molecule is O=C(O)CCc1coc(CCO)n1. The molecule has 72 valence electrons. The highest BCUT2D eigenvalue weighted by molar-refractivity contribution is 5.66. The predicted molar refractivity (Wildman–Crippen MR) is 43.2 cm³/mol. The average molecular weight is 185 g/mol. The lowest BCUT2D eigenvalue weighted by Crippen LogP contribution is -1.98. The number of hydrogen-bond donors (Lipinski definition) is 2. The molecular formula is C8H11NO4. The third-order valence-corrected chi connectivity index (χ3v) is 1.52. The van der Waals surface area contributed by atoms with Gasteiger partial charge < -0.3 is 14.6 Å². The average Bonchev–Trinajstić information content (AvgIpc) is 2.50. The number of aliphatic hydroxyl groups is 1. The van der Waals surface area contributed by atoms with Crippen molar-refractivity contribution in [3.63, 3.8) is 0 Å². The number of carboxylic acid groups (broad SMARTS) is 1. The number of aromatic nitrogens is 1. The summed E-state index contributed by atoms with van der Waals surface area (Å²) >= 11 is 0. The van der Waals surface area contributed by atoms with E-state index in [1.165, 1.54) is 6.26 Å². The lowest BCUT2D eigenvalue weighted by molar-refractivity contribution is -0.136. The fourth-order valence-corrected chi connectivity index (χ4v) is 0.909. The van der Waals surface area contributed by atoms with Gasteiger partial charge in [0.1, 0.15) is 6.26 Å². The van der Waals surface area contributed by atoms with E-state index >= 15 is 0 Å². The topological polar surface area (TPSA) is 83.6 Å². The molecule has 0 aliphatic heterocycles. The van der Waals surface area contributed by atoms with Crippen LogP contribution in [0.5, 0.6) is 0 Å². The molecule has 0 spiro atoms. The van der Waals surface area contributed by atoms with Crippen molar-refractivity contribution in [2.45, 2.75) is 19.3 Å². The summed E-state index contributed by atoms with van der Waals surface area (Å²) < 4.78 is 4.97. The first-order valence-corrected chi connectivity index (χ1v) is 3.98. The van der Waals surface area contributed by atoms with Crippen LogP contribution in [0.3, 0.4) is 0 Å². The first-order valence-electron chi connectivity index (χ1n) is 3.98. The van der Waals surface area contributed by atoms with Crippen molar-refractivity contribution < 1.29 is 19.4 Å².